The maximum absolute atomic E-state index is 5.83. The van der Waals surface area contributed by atoms with Gasteiger partial charge in [-0.15, -0.1) is 6.42 Å². The summed E-state index contributed by atoms with van der Waals surface area (Å²) in [6, 6.07) is 8.55. The fourth-order valence-electron chi connectivity index (χ4n) is 2.59. The maximum Gasteiger partial charge on any atom is 0.0354 e. The standard InChI is InChI=1S/C15H20N2/c1-2-12-6-5-8-14(10-12)17-15-9-4-3-7-13(15)11-16/h1,5-6,8,10,13,15,17H,3-4,7,9,11,16H2. The molecule has 1 aliphatic carbocycles. The largest absolute Gasteiger partial charge is 0.382 e. The molecule has 0 aromatic heterocycles. The highest BCUT2D eigenvalue weighted by atomic mass is 14.9. The van der Waals surface area contributed by atoms with Crippen molar-refractivity contribution in [2.75, 3.05) is 11.9 Å². The minimum Gasteiger partial charge on any atom is -0.382 e. The summed E-state index contributed by atoms with van der Waals surface area (Å²) in [5.74, 6) is 3.26. The third-order valence-corrected chi connectivity index (χ3v) is 3.59. The summed E-state index contributed by atoms with van der Waals surface area (Å²) >= 11 is 0. The van der Waals surface area contributed by atoms with Gasteiger partial charge in [-0.2, -0.15) is 0 Å². The van der Waals surface area contributed by atoms with Crippen molar-refractivity contribution in [3.8, 4) is 12.3 Å². The van der Waals surface area contributed by atoms with Crippen molar-refractivity contribution < 1.29 is 0 Å². The van der Waals surface area contributed by atoms with Crippen LogP contribution in [0.5, 0.6) is 0 Å². The van der Waals surface area contributed by atoms with Crippen LogP contribution in [0.2, 0.25) is 0 Å². The van der Waals surface area contributed by atoms with Crippen LogP contribution in [0, 0.1) is 18.3 Å². The molecule has 1 fully saturated rings. The van der Waals surface area contributed by atoms with E-state index < -0.39 is 0 Å². The molecule has 1 saturated carbocycles. The smallest absolute Gasteiger partial charge is 0.0354 e. The Labute approximate surface area is 104 Å². The summed E-state index contributed by atoms with van der Waals surface area (Å²) in [7, 11) is 0. The van der Waals surface area contributed by atoms with E-state index in [4.69, 9.17) is 12.2 Å². The van der Waals surface area contributed by atoms with E-state index in [0.29, 0.717) is 12.0 Å². The molecule has 2 unspecified atom stereocenters. The lowest BCUT2D eigenvalue weighted by Gasteiger charge is -2.32. The van der Waals surface area contributed by atoms with Crippen LogP contribution in [-0.2, 0) is 0 Å². The fraction of sp³-hybridized carbons (Fsp3) is 0.467. The first-order valence-electron chi connectivity index (χ1n) is 6.37. The van der Waals surface area contributed by atoms with Gasteiger partial charge in [0, 0.05) is 17.3 Å². The highest BCUT2D eigenvalue weighted by Crippen LogP contribution is 2.26. The molecule has 2 rings (SSSR count). The van der Waals surface area contributed by atoms with Gasteiger partial charge in [0.1, 0.15) is 0 Å². The van der Waals surface area contributed by atoms with Gasteiger partial charge >= 0.3 is 0 Å². The molecule has 0 radical (unpaired) electrons. The number of benzene rings is 1. The third-order valence-electron chi connectivity index (χ3n) is 3.59. The highest BCUT2D eigenvalue weighted by molar-refractivity contribution is 5.50. The lowest BCUT2D eigenvalue weighted by atomic mass is 9.84. The van der Waals surface area contributed by atoms with Crippen LogP contribution in [0.15, 0.2) is 24.3 Å². The topological polar surface area (TPSA) is 38.0 Å². The summed E-state index contributed by atoms with van der Waals surface area (Å²) in [6.07, 6.45) is 10.5. The number of rotatable bonds is 3. The molecule has 0 amide bonds. The lowest BCUT2D eigenvalue weighted by molar-refractivity contribution is 0.332. The van der Waals surface area contributed by atoms with Crippen LogP contribution < -0.4 is 11.1 Å². The molecule has 0 saturated heterocycles. The summed E-state index contributed by atoms with van der Waals surface area (Å²) in [5.41, 5.74) is 7.87. The number of hydrogen-bond donors (Lipinski definition) is 2. The Kier molecular flexibility index (Phi) is 4.06. The van der Waals surface area contributed by atoms with Crippen molar-refractivity contribution in [2.24, 2.45) is 11.7 Å². The first-order valence-corrected chi connectivity index (χ1v) is 6.37. The number of anilines is 1. The number of terminal acetylenes is 1. The molecular weight excluding hydrogens is 208 g/mol. The third kappa shape index (κ3) is 3.01. The predicted molar refractivity (Wildman–Crippen MR) is 72.8 cm³/mol. The van der Waals surface area contributed by atoms with Gasteiger partial charge < -0.3 is 11.1 Å². The Morgan fingerprint density at radius 2 is 2.18 bits per heavy atom. The molecule has 2 atom stereocenters. The van der Waals surface area contributed by atoms with Crippen molar-refractivity contribution in [1.82, 2.24) is 0 Å². The Morgan fingerprint density at radius 1 is 1.35 bits per heavy atom. The highest BCUT2D eigenvalue weighted by Gasteiger charge is 2.23. The number of nitrogens with two attached hydrogens (primary N) is 1. The van der Waals surface area contributed by atoms with Gasteiger partial charge in [-0.1, -0.05) is 24.8 Å². The minimum absolute atomic E-state index is 0.502. The quantitative estimate of drug-likeness (QED) is 0.780. The van der Waals surface area contributed by atoms with Gasteiger partial charge in [0.15, 0.2) is 0 Å². The second-order valence-corrected chi connectivity index (χ2v) is 4.76. The van der Waals surface area contributed by atoms with Crippen LogP contribution in [-0.4, -0.2) is 12.6 Å². The molecule has 2 heteroatoms. The molecule has 2 nitrogen and oxygen atoms in total. The summed E-state index contributed by atoms with van der Waals surface area (Å²) in [4.78, 5) is 0. The zero-order chi connectivity index (χ0) is 12.1. The first kappa shape index (κ1) is 12.0. The summed E-state index contributed by atoms with van der Waals surface area (Å²) in [5, 5.41) is 3.58. The van der Waals surface area contributed by atoms with Crippen molar-refractivity contribution >= 4 is 5.69 Å². The summed E-state index contributed by atoms with van der Waals surface area (Å²) < 4.78 is 0. The van der Waals surface area contributed by atoms with E-state index in [1.807, 2.05) is 18.2 Å². The normalized spacial score (nSPS) is 24.0. The minimum atomic E-state index is 0.502. The van der Waals surface area contributed by atoms with Crippen molar-refractivity contribution in [3.05, 3.63) is 29.8 Å². The first-order chi connectivity index (χ1) is 8.33. The van der Waals surface area contributed by atoms with Crippen molar-refractivity contribution in [3.63, 3.8) is 0 Å². The summed E-state index contributed by atoms with van der Waals surface area (Å²) in [6.45, 7) is 0.770. The van der Waals surface area contributed by atoms with Gasteiger partial charge in [-0.25, -0.2) is 0 Å². The van der Waals surface area contributed by atoms with E-state index >= 15 is 0 Å². The molecule has 1 aromatic carbocycles. The second kappa shape index (κ2) is 5.75. The molecular formula is C15H20N2. The Hall–Kier alpha value is -1.46. The Balaban J connectivity index is 2.06. The van der Waals surface area contributed by atoms with Crippen LogP contribution in [0.1, 0.15) is 31.2 Å². The van der Waals surface area contributed by atoms with E-state index in [1.54, 1.807) is 0 Å². The van der Waals surface area contributed by atoms with E-state index in [2.05, 4.69) is 17.3 Å². The number of nitrogens with one attached hydrogen (secondary N) is 1. The van der Waals surface area contributed by atoms with E-state index in [-0.39, 0.29) is 0 Å². The molecule has 0 bridgehead atoms. The molecule has 17 heavy (non-hydrogen) atoms. The number of hydrogen-bond acceptors (Lipinski definition) is 2. The maximum atomic E-state index is 5.83. The zero-order valence-corrected chi connectivity index (χ0v) is 10.2. The van der Waals surface area contributed by atoms with Gasteiger partial charge in [-0.3, -0.25) is 0 Å². The molecule has 1 aliphatic rings. The van der Waals surface area contributed by atoms with Crippen LogP contribution in [0.3, 0.4) is 0 Å². The Bertz CT molecular complexity index is 406. The van der Waals surface area contributed by atoms with Crippen LogP contribution in [0.25, 0.3) is 0 Å². The molecule has 3 N–H and O–H groups in total. The van der Waals surface area contributed by atoms with Crippen molar-refractivity contribution in [1.29, 1.82) is 0 Å². The average Bonchev–Trinajstić information content (AvgIpc) is 2.39. The van der Waals surface area contributed by atoms with E-state index in [0.717, 1.165) is 17.8 Å². The Morgan fingerprint density at radius 3 is 2.94 bits per heavy atom. The zero-order valence-electron chi connectivity index (χ0n) is 10.2. The van der Waals surface area contributed by atoms with E-state index in [9.17, 15) is 0 Å². The van der Waals surface area contributed by atoms with E-state index in [1.165, 1.54) is 25.7 Å². The second-order valence-electron chi connectivity index (χ2n) is 4.76. The lowest BCUT2D eigenvalue weighted by Crippen LogP contribution is -2.36. The van der Waals surface area contributed by atoms with Gasteiger partial charge in [0.05, 0.1) is 0 Å². The van der Waals surface area contributed by atoms with Gasteiger partial charge in [0.25, 0.3) is 0 Å². The molecule has 1 aromatic rings. The SMILES string of the molecule is C#Cc1cccc(NC2CCCCC2CN)c1. The molecule has 90 valence electrons. The monoisotopic (exact) mass is 228 g/mol. The van der Waals surface area contributed by atoms with Gasteiger partial charge in [-0.05, 0) is 43.5 Å². The molecule has 0 aliphatic heterocycles. The molecule has 0 spiro atoms. The fourth-order valence-corrected chi connectivity index (χ4v) is 2.59. The van der Waals surface area contributed by atoms with Crippen molar-refractivity contribution in [2.45, 2.75) is 31.7 Å². The van der Waals surface area contributed by atoms with Crippen LogP contribution >= 0.6 is 0 Å². The predicted octanol–water partition coefficient (Wildman–Crippen LogP) is 2.60. The molecule has 0 heterocycles. The average molecular weight is 228 g/mol. The van der Waals surface area contributed by atoms with Gasteiger partial charge in [0.2, 0.25) is 0 Å². The van der Waals surface area contributed by atoms with Crippen LogP contribution in [0.4, 0.5) is 5.69 Å².